The lowest BCUT2D eigenvalue weighted by Gasteiger charge is -2.03. The van der Waals surface area contributed by atoms with E-state index in [1.54, 1.807) is 0 Å². The van der Waals surface area contributed by atoms with Crippen LogP contribution in [-0.4, -0.2) is 20.6 Å². The van der Waals surface area contributed by atoms with Crippen molar-refractivity contribution in [2.24, 2.45) is 0 Å². The van der Waals surface area contributed by atoms with Crippen molar-refractivity contribution in [1.29, 1.82) is 0 Å². The van der Waals surface area contributed by atoms with E-state index >= 15 is 0 Å². The quantitative estimate of drug-likeness (QED) is 0.881. The number of hydrogen-bond acceptors (Lipinski definition) is 4. The lowest BCUT2D eigenvalue weighted by atomic mass is 10.3. The summed E-state index contributed by atoms with van der Waals surface area (Å²) in [7, 11) is 0. The van der Waals surface area contributed by atoms with Gasteiger partial charge >= 0.3 is 11.7 Å². The maximum Gasteiger partial charge on any atom is 0.342 e. The van der Waals surface area contributed by atoms with Gasteiger partial charge in [-0.15, -0.1) is 11.3 Å². The number of nitrogens with zero attached hydrogens (tertiary/aromatic N) is 1. The fourth-order valence-electron chi connectivity index (χ4n) is 1.38. The van der Waals surface area contributed by atoms with Crippen LogP contribution in [0.1, 0.15) is 15.2 Å². The standard InChI is InChI=1S/C10H7BrN2O4S/c11-5-1-6(18-4-5)2-13-3-7(9(15)16)8(14)12-10(13)17/h1,3-4H,2H2,(H,15,16)(H,12,14,17). The molecule has 0 radical (unpaired) electrons. The molecule has 18 heavy (non-hydrogen) atoms. The van der Waals surface area contributed by atoms with E-state index in [0.717, 1.165) is 20.1 Å². The molecule has 0 amide bonds. The number of nitrogens with one attached hydrogen (secondary N) is 1. The van der Waals surface area contributed by atoms with Crippen molar-refractivity contribution >= 4 is 33.2 Å². The van der Waals surface area contributed by atoms with E-state index in [0.29, 0.717) is 0 Å². The Morgan fingerprint density at radius 3 is 2.78 bits per heavy atom. The topological polar surface area (TPSA) is 92.2 Å². The summed E-state index contributed by atoms with van der Waals surface area (Å²) in [6.07, 6.45) is 1.05. The average Bonchev–Trinajstić information content (AvgIpc) is 2.67. The van der Waals surface area contributed by atoms with Crippen molar-refractivity contribution in [3.8, 4) is 0 Å². The summed E-state index contributed by atoms with van der Waals surface area (Å²) in [5, 5.41) is 10.7. The molecule has 0 aliphatic rings. The van der Waals surface area contributed by atoms with Gasteiger partial charge in [-0.2, -0.15) is 0 Å². The average molecular weight is 331 g/mol. The number of H-pyrrole nitrogens is 1. The van der Waals surface area contributed by atoms with Gasteiger partial charge in [-0.1, -0.05) is 0 Å². The highest BCUT2D eigenvalue weighted by molar-refractivity contribution is 9.10. The Morgan fingerprint density at radius 2 is 2.22 bits per heavy atom. The number of aromatic carboxylic acids is 1. The van der Waals surface area contributed by atoms with E-state index in [2.05, 4.69) is 15.9 Å². The molecule has 0 aliphatic carbocycles. The number of aromatic nitrogens is 2. The predicted octanol–water partition coefficient (Wildman–Crippen LogP) is 1.11. The van der Waals surface area contributed by atoms with Crippen molar-refractivity contribution < 1.29 is 9.90 Å². The second-order valence-electron chi connectivity index (χ2n) is 3.47. The van der Waals surface area contributed by atoms with Gasteiger partial charge in [0.2, 0.25) is 0 Å². The zero-order valence-corrected chi connectivity index (χ0v) is 11.2. The molecule has 0 atom stereocenters. The molecule has 2 aromatic rings. The normalized spacial score (nSPS) is 10.5. The van der Waals surface area contributed by atoms with Crippen LogP contribution in [0.25, 0.3) is 0 Å². The Balaban J connectivity index is 2.45. The second-order valence-corrected chi connectivity index (χ2v) is 5.38. The Kier molecular flexibility index (Phi) is 3.48. The summed E-state index contributed by atoms with van der Waals surface area (Å²) in [6.45, 7) is 0.214. The van der Waals surface area contributed by atoms with Gasteiger partial charge in [-0.25, -0.2) is 9.59 Å². The van der Waals surface area contributed by atoms with Crippen molar-refractivity contribution in [3.63, 3.8) is 0 Å². The Bertz CT molecular complexity index is 715. The number of rotatable bonds is 3. The van der Waals surface area contributed by atoms with Crippen LogP contribution in [0.3, 0.4) is 0 Å². The van der Waals surface area contributed by atoms with E-state index in [9.17, 15) is 14.4 Å². The number of carboxylic acid groups (broad SMARTS) is 1. The second kappa shape index (κ2) is 4.91. The maximum absolute atomic E-state index is 11.5. The molecule has 0 aliphatic heterocycles. The molecule has 2 heterocycles. The molecule has 0 unspecified atom stereocenters. The molecule has 0 saturated carbocycles. The zero-order valence-electron chi connectivity index (χ0n) is 8.84. The number of hydrogen-bond donors (Lipinski definition) is 2. The number of halogens is 1. The Labute approximate surface area is 113 Å². The van der Waals surface area contributed by atoms with Crippen LogP contribution in [-0.2, 0) is 6.54 Å². The highest BCUT2D eigenvalue weighted by Crippen LogP contribution is 2.20. The minimum atomic E-state index is -1.36. The van der Waals surface area contributed by atoms with Crippen LogP contribution in [0.4, 0.5) is 0 Å². The third-order valence-corrected chi connectivity index (χ3v) is 3.87. The molecule has 2 rings (SSSR count). The fraction of sp³-hybridized carbons (Fsp3) is 0.100. The molecule has 94 valence electrons. The predicted molar refractivity (Wildman–Crippen MR) is 69.4 cm³/mol. The highest BCUT2D eigenvalue weighted by Gasteiger charge is 2.12. The third kappa shape index (κ3) is 2.59. The van der Waals surface area contributed by atoms with E-state index in [-0.39, 0.29) is 6.54 Å². The summed E-state index contributed by atoms with van der Waals surface area (Å²) >= 11 is 4.71. The highest BCUT2D eigenvalue weighted by atomic mass is 79.9. The van der Waals surface area contributed by atoms with Gasteiger partial charge in [0.25, 0.3) is 5.56 Å². The molecule has 6 nitrogen and oxygen atoms in total. The number of carboxylic acids is 1. The number of carbonyl (C=O) groups is 1. The van der Waals surface area contributed by atoms with Crippen LogP contribution in [0.2, 0.25) is 0 Å². The van der Waals surface area contributed by atoms with Crippen LogP contribution in [0, 0.1) is 0 Å². The van der Waals surface area contributed by atoms with Gasteiger partial charge < -0.3 is 5.11 Å². The summed E-state index contributed by atoms with van der Waals surface area (Å²) in [5.41, 5.74) is -1.98. The Morgan fingerprint density at radius 1 is 1.50 bits per heavy atom. The first kappa shape index (κ1) is 12.8. The third-order valence-electron chi connectivity index (χ3n) is 2.19. The monoisotopic (exact) mass is 330 g/mol. The van der Waals surface area contributed by atoms with E-state index in [1.807, 2.05) is 16.4 Å². The largest absolute Gasteiger partial charge is 0.477 e. The van der Waals surface area contributed by atoms with Gasteiger partial charge in [0, 0.05) is 20.9 Å². The Hall–Kier alpha value is -1.67. The van der Waals surface area contributed by atoms with Crippen LogP contribution in [0.15, 0.2) is 31.7 Å². The van der Waals surface area contributed by atoms with Crippen molar-refractivity contribution in [2.75, 3.05) is 0 Å². The minimum absolute atomic E-state index is 0.214. The molecular weight excluding hydrogens is 324 g/mol. The van der Waals surface area contributed by atoms with Gasteiger partial charge in [0.05, 0.1) is 6.54 Å². The lowest BCUT2D eigenvalue weighted by molar-refractivity contribution is 0.0693. The van der Waals surface area contributed by atoms with E-state index < -0.39 is 22.8 Å². The van der Waals surface area contributed by atoms with Gasteiger partial charge in [-0.05, 0) is 22.0 Å². The zero-order chi connectivity index (χ0) is 13.3. The van der Waals surface area contributed by atoms with Crippen molar-refractivity contribution in [1.82, 2.24) is 9.55 Å². The summed E-state index contributed by atoms with van der Waals surface area (Å²) in [4.78, 5) is 36.4. The molecule has 0 spiro atoms. The van der Waals surface area contributed by atoms with Gasteiger partial charge in [0.1, 0.15) is 5.56 Å². The van der Waals surface area contributed by atoms with Crippen molar-refractivity contribution in [2.45, 2.75) is 6.54 Å². The molecule has 8 heteroatoms. The first-order valence-electron chi connectivity index (χ1n) is 4.77. The van der Waals surface area contributed by atoms with Crippen molar-refractivity contribution in [3.05, 3.63) is 53.4 Å². The summed E-state index contributed by atoms with van der Waals surface area (Å²) in [6, 6.07) is 1.82. The minimum Gasteiger partial charge on any atom is -0.477 e. The maximum atomic E-state index is 11.5. The van der Waals surface area contributed by atoms with E-state index in [1.165, 1.54) is 11.3 Å². The molecular formula is C10H7BrN2O4S. The van der Waals surface area contributed by atoms with Crippen LogP contribution in [0.5, 0.6) is 0 Å². The molecule has 2 N–H and O–H groups in total. The molecule has 0 fully saturated rings. The SMILES string of the molecule is O=C(O)c1cn(Cc2cc(Br)cs2)c(=O)[nH]c1=O. The number of aromatic amines is 1. The molecule has 2 aromatic heterocycles. The summed E-state index contributed by atoms with van der Waals surface area (Å²) < 4.78 is 2.04. The smallest absolute Gasteiger partial charge is 0.342 e. The first-order valence-corrected chi connectivity index (χ1v) is 6.44. The van der Waals surface area contributed by atoms with Gasteiger partial charge in [-0.3, -0.25) is 14.3 Å². The molecule has 0 saturated heterocycles. The molecule has 0 bridgehead atoms. The van der Waals surface area contributed by atoms with Crippen LogP contribution >= 0.6 is 27.3 Å². The fourth-order valence-corrected chi connectivity index (χ4v) is 2.83. The van der Waals surface area contributed by atoms with Gasteiger partial charge in [0.15, 0.2) is 0 Å². The number of thiophene rings is 1. The first-order chi connectivity index (χ1) is 8.47. The molecule has 0 aromatic carbocycles. The summed E-state index contributed by atoms with van der Waals surface area (Å²) in [5.74, 6) is -1.36. The van der Waals surface area contributed by atoms with E-state index in [4.69, 9.17) is 5.11 Å². The van der Waals surface area contributed by atoms with Crippen LogP contribution < -0.4 is 11.2 Å². The lowest BCUT2D eigenvalue weighted by Crippen LogP contribution is -2.33.